The molecule has 158 valence electrons. The van der Waals surface area contributed by atoms with Gasteiger partial charge in [0.15, 0.2) is 0 Å². The first-order valence-electron chi connectivity index (χ1n) is 10.3. The molecular weight excluding hydrogens is 410 g/mol. The molecule has 2 atom stereocenters. The fourth-order valence-electron chi connectivity index (χ4n) is 4.74. The normalized spacial score (nSPS) is 19.9. The van der Waals surface area contributed by atoms with Crippen LogP contribution in [-0.4, -0.2) is 25.9 Å². The van der Waals surface area contributed by atoms with Gasteiger partial charge in [0.05, 0.1) is 10.6 Å². The third kappa shape index (κ3) is 3.54. The van der Waals surface area contributed by atoms with Crippen LogP contribution in [0.1, 0.15) is 29.5 Å². The Balaban J connectivity index is 1.42. The Kier molecular flexibility index (Phi) is 4.68. The van der Waals surface area contributed by atoms with Crippen molar-refractivity contribution in [3.63, 3.8) is 0 Å². The van der Waals surface area contributed by atoms with Crippen LogP contribution >= 0.6 is 0 Å². The Morgan fingerprint density at radius 1 is 1.06 bits per heavy atom. The summed E-state index contributed by atoms with van der Waals surface area (Å²) in [5.74, 6) is 0.0195. The maximum Gasteiger partial charge on any atom is 0.238 e. The average Bonchev–Trinajstić information content (AvgIpc) is 3.33. The van der Waals surface area contributed by atoms with Crippen LogP contribution in [0.2, 0.25) is 0 Å². The van der Waals surface area contributed by atoms with Crippen molar-refractivity contribution in [2.75, 3.05) is 11.4 Å². The van der Waals surface area contributed by atoms with Gasteiger partial charge in [-0.2, -0.15) is 0 Å². The lowest BCUT2D eigenvalue weighted by atomic mass is 10.0. The lowest BCUT2D eigenvalue weighted by molar-refractivity contribution is -0.122. The molecule has 2 aliphatic rings. The van der Waals surface area contributed by atoms with E-state index in [1.807, 2.05) is 25.1 Å². The quantitative estimate of drug-likeness (QED) is 0.686. The second-order valence-electron chi connectivity index (χ2n) is 8.42. The Hall–Kier alpha value is -3.03. The summed E-state index contributed by atoms with van der Waals surface area (Å²) in [6, 6.07) is 16.9. The summed E-state index contributed by atoms with van der Waals surface area (Å²) in [7, 11) is -3.83. The highest BCUT2D eigenvalue weighted by molar-refractivity contribution is 7.89. The minimum absolute atomic E-state index is 0.0350. The van der Waals surface area contributed by atoms with Crippen molar-refractivity contribution in [1.29, 1.82) is 0 Å². The van der Waals surface area contributed by atoms with E-state index in [0.717, 1.165) is 16.8 Å². The minimum Gasteiger partial charge on any atom is -0.311 e. The lowest BCUT2D eigenvalue weighted by Crippen LogP contribution is -2.35. The van der Waals surface area contributed by atoms with Crippen LogP contribution in [-0.2, 0) is 27.7 Å². The number of carbonyl (C=O) groups is 1. The van der Waals surface area contributed by atoms with Gasteiger partial charge in [-0.05, 0) is 59.9 Å². The van der Waals surface area contributed by atoms with Gasteiger partial charge in [0.1, 0.15) is 0 Å². The molecule has 0 saturated carbocycles. The van der Waals surface area contributed by atoms with E-state index in [-0.39, 0.29) is 22.6 Å². The molecule has 0 saturated heterocycles. The summed E-state index contributed by atoms with van der Waals surface area (Å²) in [6.07, 6.45) is 3.13. The maximum atomic E-state index is 13.5. The molecule has 2 N–H and O–H groups in total. The number of anilines is 1. The number of hydrogen-bond donors (Lipinski definition) is 1. The second kappa shape index (κ2) is 7.28. The zero-order chi connectivity index (χ0) is 21.8. The first kappa shape index (κ1) is 19.9. The SMILES string of the molecule is CC1CN(C(=O)C2Cc3ccc(-c4ccccn4)cc3C2)c2cc(S(N)(=O)=O)ccc21. The number of amides is 1. The lowest BCUT2D eigenvalue weighted by Gasteiger charge is -2.22. The summed E-state index contributed by atoms with van der Waals surface area (Å²) < 4.78 is 23.6. The Morgan fingerprint density at radius 3 is 2.61 bits per heavy atom. The third-order valence-electron chi connectivity index (χ3n) is 6.32. The number of nitrogens with zero attached hydrogens (tertiary/aromatic N) is 2. The number of hydrogen-bond acceptors (Lipinski definition) is 4. The van der Waals surface area contributed by atoms with Crippen molar-refractivity contribution in [2.24, 2.45) is 11.1 Å². The van der Waals surface area contributed by atoms with Gasteiger partial charge < -0.3 is 4.90 Å². The highest BCUT2D eigenvalue weighted by Crippen LogP contribution is 2.40. The highest BCUT2D eigenvalue weighted by Gasteiger charge is 2.37. The van der Waals surface area contributed by atoms with E-state index < -0.39 is 10.0 Å². The average molecular weight is 434 g/mol. The molecule has 2 heterocycles. The molecular formula is C24H23N3O3S. The molecule has 3 aromatic rings. The van der Waals surface area contributed by atoms with Crippen molar-refractivity contribution >= 4 is 21.6 Å². The third-order valence-corrected chi connectivity index (χ3v) is 7.23. The van der Waals surface area contributed by atoms with Gasteiger partial charge in [-0.1, -0.05) is 31.2 Å². The van der Waals surface area contributed by atoms with E-state index >= 15 is 0 Å². The zero-order valence-electron chi connectivity index (χ0n) is 17.2. The van der Waals surface area contributed by atoms with Gasteiger partial charge in [0.2, 0.25) is 15.9 Å². The van der Waals surface area contributed by atoms with Crippen molar-refractivity contribution in [3.05, 3.63) is 77.5 Å². The zero-order valence-corrected chi connectivity index (χ0v) is 18.0. The first-order chi connectivity index (χ1) is 14.8. The van der Waals surface area contributed by atoms with Crippen LogP contribution in [0.3, 0.4) is 0 Å². The van der Waals surface area contributed by atoms with Gasteiger partial charge in [-0.3, -0.25) is 9.78 Å². The number of rotatable bonds is 3. The fourth-order valence-corrected chi connectivity index (χ4v) is 5.27. The summed E-state index contributed by atoms with van der Waals surface area (Å²) in [4.78, 5) is 19.7. The number of primary sulfonamides is 1. The summed E-state index contributed by atoms with van der Waals surface area (Å²) in [6.45, 7) is 2.60. The molecule has 1 aliphatic carbocycles. The number of carbonyl (C=O) groups excluding carboxylic acids is 1. The molecule has 1 amide bonds. The molecule has 0 fully saturated rings. The molecule has 5 rings (SSSR count). The number of nitrogens with two attached hydrogens (primary N) is 1. The van der Waals surface area contributed by atoms with Gasteiger partial charge in [-0.15, -0.1) is 0 Å². The van der Waals surface area contributed by atoms with E-state index in [1.165, 1.54) is 23.3 Å². The second-order valence-corrected chi connectivity index (χ2v) is 9.98. The highest BCUT2D eigenvalue weighted by atomic mass is 32.2. The topological polar surface area (TPSA) is 93.4 Å². The summed E-state index contributed by atoms with van der Waals surface area (Å²) in [5, 5.41) is 5.31. The van der Waals surface area contributed by atoms with Crippen molar-refractivity contribution in [2.45, 2.75) is 30.6 Å². The molecule has 1 aliphatic heterocycles. The van der Waals surface area contributed by atoms with Crippen LogP contribution < -0.4 is 10.0 Å². The van der Waals surface area contributed by atoms with Crippen LogP contribution in [0, 0.1) is 5.92 Å². The smallest absolute Gasteiger partial charge is 0.238 e. The van der Waals surface area contributed by atoms with Crippen LogP contribution in [0.25, 0.3) is 11.3 Å². The standard InChI is InChI=1S/C24H23N3O3S/c1-15-14-27(23-13-20(31(25,29)30)7-8-21(15)23)24(28)19-10-16-5-6-17(11-18(16)12-19)22-4-2-3-9-26-22/h2-9,11,13,15,19H,10,12,14H2,1H3,(H2,25,29,30). The Morgan fingerprint density at radius 2 is 1.87 bits per heavy atom. The molecule has 0 bridgehead atoms. The number of benzene rings is 2. The van der Waals surface area contributed by atoms with E-state index in [1.54, 1.807) is 17.2 Å². The van der Waals surface area contributed by atoms with Gasteiger partial charge in [-0.25, -0.2) is 13.6 Å². The predicted octanol–water partition coefficient (Wildman–Crippen LogP) is 3.26. The Labute approximate surface area is 181 Å². The van der Waals surface area contributed by atoms with Gasteiger partial charge in [0.25, 0.3) is 0 Å². The minimum atomic E-state index is -3.83. The van der Waals surface area contributed by atoms with E-state index in [4.69, 9.17) is 5.14 Å². The Bertz CT molecular complexity index is 1290. The largest absolute Gasteiger partial charge is 0.311 e. The van der Waals surface area contributed by atoms with Crippen LogP contribution in [0.4, 0.5) is 5.69 Å². The van der Waals surface area contributed by atoms with Crippen molar-refractivity contribution < 1.29 is 13.2 Å². The fraction of sp³-hybridized carbons (Fsp3) is 0.250. The van der Waals surface area contributed by atoms with E-state index in [9.17, 15) is 13.2 Å². The van der Waals surface area contributed by atoms with Crippen LogP contribution in [0.5, 0.6) is 0 Å². The van der Waals surface area contributed by atoms with Gasteiger partial charge in [0, 0.05) is 35.8 Å². The number of sulfonamides is 1. The van der Waals surface area contributed by atoms with E-state index in [0.29, 0.717) is 25.1 Å². The number of fused-ring (bicyclic) bond motifs is 2. The molecule has 7 heteroatoms. The molecule has 2 unspecified atom stereocenters. The number of pyridine rings is 1. The van der Waals surface area contributed by atoms with Gasteiger partial charge >= 0.3 is 0 Å². The van der Waals surface area contributed by atoms with E-state index in [2.05, 4.69) is 23.2 Å². The summed E-state index contributed by atoms with van der Waals surface area (Å²) >= 11 is 0. The molecule has 2 aromatic carbocycles. The molecule has 31 heavy (non-hydrogen) atoms. The number of aromatic nitrogens is 1. The van der Waals surface area contributed by atoms with Crippen molar-refractivity contribution in [3.8, 4) is 11.3 Å². The molecule has 0 spiro atoms. The maximum absolute atomic E-state index is 13.5. The predicted molar refractivity (Wildman–Crippen MR) is 119 cm³/mol. The monoisotopic (exact) mass is 433 g/mol. The van der Waals surface area contributed by atoms with Crippen molar-refractivity contribution in [1.82, 2.24) is 4.98 Å². The van der Waals surface area contributed by atoms with Crippen LogP contribution in [0.15, 0.2) is 65.7 Å². The molecule has 1 aromatic heterocycles. The molecule has 6 nitrogen and oxygen atoms in total. The first-order valence-corrected chi connectivity index (χ1v) is 11.9. The summed E-state index contributed by atoms with van der Waals surface area (Å²) in [5.41, 5.74) is 5.96. The molecule has 0 radical (unpaired) electrons.